The number of para-hydroxylation sites is 3. The van der Waals surface area contributed by atoms with E-state index in [4.69, 9.17) is 9.97 Å². The molecule has 56 heavy (non-hydrogen) atoms. The van der Waals surface area contributed by atoms with E-state index in [9.17, 15) is 0 Å². The first-order chi connectivity index (χ1) is 27.8. The molecule has 0 unspecified atom stereocenters. The van der Waals surface area contributed by atoms with Crippen molar-refractivity contribution in [3.05, 3.63) is 206 Å². The molecule has 0 saturated heterocycles. The molecule has 11 aromatic rings. The molecule has 0 N–H and O–H groups in total. The number of benzene rings is 8. The zero-order valence-electron chi connectivity index (χ0n) is 30.4. The van der Waals surface area contributed by atoms with Gasteiger partial charge < -0.3 is 9.13 Å². The number of nitrogens with zero attached hydrogens (tertiary/aromatic N) is 4. The van der Waals surface area contributed by atoms with Crippen molar-refractivity contribution in [2.75, 3.05) is 0 Å². The molecule has 4 nitrogen and oxygen atoms in total. The first-order valence-electron chi connectivity index (χ1n) is 19.0. The molecule has 4 heteroatoms. The third-order valence-electron chi connectivity index (χ3n) is 10.9. The van der Waals surface area contributed by atoms with Crippen LogP contribution in [0.25, 0.3) is 100 Å². The van der Waals surface area contributed by atoms with Gasteiger partial charge in [0.15, 0.2) is 5.82 Å². The highest BCUT2D eigenvalue weighted by Crippen LogP contribution is 2.46. The molecule has 0 amide bonds. The molecule has 0 fully saturated rings. The smallest absolute Gasteiger partial charge is 0.160 e. The number of fused-ring (bicyclic) bond motifs is 7. The Morgan fingerprint density at radius 2 is 0.786 bits per heavy atom. The summed E-state index contributed by atoms with van der Waals surface area (Å²) >= 11 is 0. The number of hydrogen-bond donors (Lipinski definition) is 0. The summed E-state index contributed by atoms with van der Waals surface area (Å²) in [6.07, 6.45) is 0. The van der Waals surface area contributed by atoms with Gasteiger partial charge in [0, 0.05) is 55.2 Å². The molecule has 0 bridgehead atoms. The molecule has 262 valence electrons. The highest BCUT2D eigenvalue weighted by molar-refractivity contribution is 6.29. The fraction of sp³-hybridized carbons (Fsp3) is 0. The van der Waals surface area contributed by atoms with Gasteiger partial charge in [-0.15, -0.1) is 0 Å². The van der Waals surface area contributed by atoms with E-state index in [2.05, 4.69) is 191 Å². The van der Waals surface area contributed by atoms with Crippen molar-refractivity contribution in [3.8, 4) is 56.4 Å². The molecule has 11 rings (SSSR count). The van der Waals surface area contributed by atoms with Crippen LogP contribution in [-0.4, -0.2) is 19.1 Å². The molecular weight excluding hydrogens is 681 g/mol. The summed E-state index contributed by atoms with van der Waals surface area (Å²) in [5.41, 5.74) is 14.2. The van der Waals surface area contributed by atoms with Crippen LogP contribution < -0.4 is 0 Å². The van der Waals surface area contributed by atoms with Gasteiger partial charge in [-0.05, 0) is 54.1 Å². The van der Waals surface area contributed by atoms with Crippen LogP contribution in [0.5, 0.6) is 0 Å². The summed E-state index contributed by atoms with van der Waals surface area (Å²) in [5.74, 6) is 0.708. The van der Waals surface area contributed by atoms with E-state index in [0.717, 1.165) is 45.0 Å². The Labute approximate surface area is 324 Å². The van der Waals surface area contributed by atoms with E-state index in [-0.39, 0.29) is 0 Å². The van der Waals surface area contributed by atoms with Gasteiger partial charge in [0.1, 0.15) is 0 Å². The van der Waals surface area contributed by atoms with Gasteiger partial charge in [0.2, 0.25) is 0 Å². The zero-order chi connectivity index (χ0) is 37.0. The number of hydrogen-bond acceptors (Lipinski definition) is 2. The lowest BCUT2D eigenvalue weighted by atomic mass is 9.98. The van der Waals surface area contributed by atoms with Gasteiger partial charge in [-0.25, -0.2) is 9.97 Å². The standard InChI is InChI=1S/C52H34N4/c1-5-17-35(18-6-1)43-33-44-41-25-13-15-27-47(41)56(51(44)49-42-26-14-16-28-48(42)55(50(43)49)39-23-11-4-12-24-39)40-31-29-37(30-32-40)46-34-45(36-19-7-2-8-20-36)53-52(54-46)38-21-9-3-10-22-38/h1-34H. The maximum Gasteiger partial charge on any atom is 0.160 e. The lowest BCUT2D eigenvalue weighted by molar-refractivity contribution is 1.17. The van der Waals surface area contributed by atoms with E-state index in [1.807, 2.05) is 24.3 Å². The van der Waals surface area contributed by atoms with Crippen molar-refractivity contribution in [1.82, 2.24) is 19.1 Å². The summed E-state index contributed by atoms with van der Waals surface area (Å²) in [6.45, 7) is 0. The lowest BCUT2D eigenvalue weighted by Crippen LogP contribution is -1.98. The monoisotopic (exact) mass is 714 g/mol. The molecule has 0 radical (unpaired) electrons. The fourth-order valence-electron chi connectivity index (χ4n) is 8.41. The summed E-state index contributed by atoms with van der Waals surface area (Å²) in [6, 6.07) is 73.2. The van der Waals surface area contributed by atoms with Crippen molar-refractivity contribution in [3.63, 3.8) is 0 Å². The second-order valence-corrected chi connectivity index (χ2v) is 14.2. The predicted molar refractivity (Wildman–Crippen MR) is 232 cm³/mol. The first-order valence-corrected chi connectivity index (χ1v) is 19.0. The second kappa shape index (κ2) is 13.1. The van der Waals surface area contributed by atoms with Crippen molar-refractivity contribution >= 4 is 43.6 Å². The van der Waals surface area contributed by atoms with Crippen LogP contribution in [-0.2, 0) is 0 Å². The Bertz CT molecular complexity index is 3140. The van der Waals surface area contributed by atoms with Gasteiger partial charge in [0.05, 0.1) is 33.5 Å². The van der Waals surface area contributed by atoms with E-state index in [1.165, 1.54) is 49.2 Å². The Hall–Kier alpha value is -7.56. The van der Waals surface area contributed by atoms with E-state index < -0.39 is 0 Å². The van der Waals surface area contributed by atoms with Crippen LogP contribution >= 0.6 is 0 Å². The predicted octanol–water partition coefficient (Wildman–Crippen LogP) is 13.3. The number of rotatable bonds is 6. The van der Waals surface area contributed by atoms with Crippen molar-refractivity contribution in [2.45, 2.75) is 0 Å². The van der Waals surface area contributed by atoms with Gasteiger partial charge >= 0.3 is 0 Å². The molecule has 0 aliphatic heterocycles. The van der Waals surface area contributed by atoms with E-state index in [0.29, 0.717) is 5.82 Å². The Kier molecular flexibility index (Phi) is 7.46. The average molecular weight is 715 g/mol. The highest BCUT2D eigenvalue weighted by Gasteiger charge is 2.24. The second-order valence-electron chi connectivity index (χ2n) is 14.2. The van der Waals surface area contributed by atoms with Crippen molar-refractivity contribution in [1.29, 1.82) is 0 Å². The van der Waals surface area contributed by atoms with Gasteiger partial charge in [-0.1, -0.05) is 158 Å². The fourth-order valence-corrected chi connectivity index (χ4v) is 8.41. The van der Waals surface area contributed by atoms with Crippen LogP contribution in [0.1, 0.15) is 0 Å². The van der Waals surface area contributed by atoms with Gasteiger partial charge in [-0.3, -0.25) is 0 Å². The maximum absolute atomic E-state index is 5.12. The normalized spacial score (nSPS) is 11.6. The van der Waals surface area contributed by atoms with Crippen molar-refractivity contribution < 1.29 is 0 Å². The Morgan fingerprint density at radius 3 is 1.43 bits per heavy atom. The Morgan fingerprint density at radius 1 is 0.321 bits per heavy atom. The molecule has 0 aliphatic carbocycles. The number of aromatic nitrogens is 4. The van der Waals surface area contributed by atoms with E-state index in [1.54, 1.807) is 0 Å². The summed E-state index contributed by atoms with van der Waals surface area (Å²) in [4.78, 5) is 10.1. The minimum Gasteiger partial charge on any atom is -0.309 e. The zero-order valence-corrected chi connectivity index (χ0v) is 30.4. The highest BCUT2D eigenvalue weighted by atomic mass is 15.0. The lowest BCUT2D eigenvalue weighted by Gasteiger charge is -2.14. The first kappa shape index (κ1) is 31.9. The van der Waals surface area contributed by atoms with Crippen molar-refractivity contribution in [2.24, 2.45) is 0 Å². The molecular formula is C52H34N4. The van der Waals surface area contributed by atoms with Crippen LogP contribution in [0.4, 0.5) is 0 Å². The molecule has 0 atom stereocenters. The largest absolute Gasteiger partial charge is 0.309 e. The minimum absolute atomic E-state index is 0.708. The van der Waals surface area contributed by atoms with E-state index >= 15 is 0 Å². The molecule has 0 spiro atoms. The van der Waals surface area contributed by atoms with Crippen LogP contribution in [0.3, 0.4) is 0 Å². The molecule has 0 aliphatic rings. The Balaban J connectivity index is 1.18. The topological polar surface area (TPSA) is 35.6 Å². The summed E-state index contributed by atoms with van der Waals surface area (Å²) in [5, 5.41) is 4.90. The van der Waals surface area contributed by atoms with Crippen LogP contribution in [0, 0.1) is 0 Å². The maximum atomic E-state index is 5.12. The molecule has 8 aromatic carbocycles. The molecule has 0 saturated carbocycles. The summed E-state index contributed by atoms with van der Waals surface area (Å²) < 4.78 is 4.90. The van der Waals surface area contributed by atoms with Crippen LogP contribution in [0.2, 0.25) is 0 Å². The molecule has 3 heterocycles. The third kappa shape index (κ3) is 5.15. The summed E-state index contributed by atoms with van der Waals surface area (Å²) in [7, 11) is 0. The molecule has 3 aromatic heterocycles. The van der Waals surface area contributed by atoms with Gasteiger partial charge in [0.25, 0.3) is 0 Å². The SMILES string of the molecule is c1ccc(-c2cc(-c3ccc(-n4c5ccccc5c5cc(-c6ccccc6)c6c(c7ccccc7n6-c6ccccc6)c54)cc3)nc(-c3ccccc3)n2)cc1. The quantitative estimate of drug-likeness (QED) is 0.172. The van der Waals surface area contributed by atoms with Gasteiger partial charge in [-0.2, -0.15) is 0 Å². The minimum atomic E-state index is 0.708. The van der Waals surface area contributed by atoms with Crippen LogP contribution in [0.15, 0.2) is 206 Å². The average Bonchev–Trinajstić information content (AvgIpc) is 3.80. The third-order valence-corrected chi connectivity index (χ3v) is 10.9.